The lowest BCUT2D eigenvalue weighted by Crippen LogP contribution is -2.35. The summed E-state index contributed by atoms with van der Waals surface area (Å²) < 4.78 is 59.7. The molecule has 1 amide bonds. The zero-order valence-corrected chi connectivity index (χ0v) is 16.0. The molecular formula is C15H8BrF4N3O4S. The molecule has 7 nitrogen and oxygen atoms in total. The Morgan fingerprint density at radius 2 is 1.75 bits per heavy atom. The second-order valence-electron chi connectivity index (χ2n) is 4.99. The summed E-state index contributed by atoms with van der Waals surface area (Å²) in [6, 6.07) is 3.51. The van der Waals surface area contributed by atoms with Crippen molar-refractivity contribution in [1.82, 2.24) is 5.32 Å². The second kappa shape index (κ2) is 8.48. The molecule has 0 unspecified atom stereocenters. The van der Waals surface area contributed by atoms with Gasteiger partial charge in [-0.3, -0.25) is 20.2 Å². The summed E-state index contributed by atoms with van der Waals surface area (Å²) in [4.78, 5) is 22.1. The number of benzene rings is 2. The molecule has 0 heterocycles. The predicted molar refractivity (Wildman–Crippen MR) is 97.3 cm³/mol. The van der Waals surface area contributed by atoms with E-state index in [1.165, 1.54) is 6.07 Å². The molecule has 0 aromatic heterocycles. The van der Waals surface area contributed by atoms with E-state index in [1.807, 2.05) is 5.32 Å². The van der Waals surface area contributed by atoms with Crippen LogP contribution in [0.1, 0.15) is 10.4 Å². The average molecular weight is 482 g/mol. The summed E-state index contributed by atoms with van der Waals surface area (Å²) in [6.45, 7) is 0. The first kappa shape index (κ1) is 21.5. The zero-order chi connectivity index (χ0) is 21.2. The van der Waals surface area contributed by atoms with Crippen LogP contribution >= 0.6 is 28.1 Å². The first-order valence-electron chi connectivity index (χ1n) is 7.04. The summed E-state index contributed by atoms with van der Waals surface area (Å²) in [5.41, 5.74) is -1.60. The van der Waals surface area contributed by atoms with E-state index in [1.54, 1.807) is 0 Å². The van der Waals surface area contributed by atoms with Gasteiger partial charge in [0.15, 0.2) is 22.5 Å². The number of halogens is 5. The van der Waals surface area contributed by atoms with Crippen LogP contribution in [0.3, 0.4) is 0 Å². The molecule has 0 radical (unpaired) electrons. The van der Waals surface area contributed by atoms with Gasteiger partial charge in [-0.15, -0.1) is 0 Å². The second-order valence-corrected chi connectivity index (χ2v) is 6.26. The largest absolute Gasteiger partial charge is 0.491 e. The summed E-state index contributed by atoms with van der Waals surface area (Å²) in [7, 11) is 0.793. The molecular weight excluding hydrogens is 474 g/mol. The molecule has 0 aliphatic carbocycles. The van der Waals surface area contributed by atoms with Crippen LogP contribution in [0.4, 0.5) is 28.9 Å². The zero-order valence-electron chi connectivity index (χ0n) is 13.6. The summed E-state index contributed by atoms with van der Waals surface area (Å²) in [5.74, 6) is -10.6. The minimum atomic E-state index is -1.97. The highest BCUT2D eigenvalue weighted by molar-refractivity contribution is 9.10. The van der Waals surface area contributed by atoms with E-state index < -0.39 is 50.5 Å². The topological polar surface area (TPSA) is 93.5 Å². The van der Waals surface area contributed by atoms with Crippen LogP contribution in [-0.4, -0.2) is 23.1 Å². The normalized spacial score (nSPS) is 10.4. The van der Waals surface area contributed by atoms with Gasteiger partial charge in [0.25, 0.3) is 11.6 Å². The Labute approximate surface area is 167 Å². The van der Waals surface area contributed by atoms with Gasteiger partial charge >= 0.3 is 0 Å². The highest BCUT2D eigenvalue weighted by Gasteiger charge is 2.30. The maximum atomic E-state index is 13.9. The van der Waals surface area contributed by atoms with E-state index in [2.05, 4.69) is 26.0 Å². The van der Waals surface area contributed by atoms with Crippen molar-refractivity contribution in [3.05, 3.63) is 61.6 Å². The number of ether oxygens (including phenoxy) is 1. The number of non-ortho nitro benzene ring substituents is 1. The number of carbonyl (C=O) groups excluding carboxylic acids is 1. The monoisotopic (exact) mass is 481 g/mol. The quantitative estimate of drug-likeness (QED) is 0.225. The third-order valence-electron chi connectivity index (χ3n) is 3.29. The molecule has 0 spiro atoms. The van der Waals surface area contributed by atoms with E-state index in [0.717, 1.165) is 19.2 Å². The third-order valence-corrected chi connectivity index (χ3v) is 4.15. The summed E-state index contributed by atoms with van der Waals surface area (Å²) in [6.07, 6.45) is 0. The molecule has 28 heavy (non-hydrogen) atoms. The Balaban J connectivity index is 2.24. The number of nitro benzene ring substituents is 1. The van der Waals surface area contributed by atoms with Gasteiger partial charge in [0, 0.05) is 16.6 Å². The lowest BCUT2D eigenvalue weighted by atomic mass is 10.1. The van der Waals surface area contributed by atoms with Crippen LogP contribution in [0, 0.1) is 33.4 Å². The van der Waals surface area contributed by atoms with Gasteiger partial charge in [-0.2, -0.15) is 8.78 Å². The van der Waals surface area contributed by atoms with Gasteiger partial charge in [-0.1, -0.05) is 0 Å². The Hall–Kier alpha value is -2.80. The van der Waals surface area contributed by atoms with Crippen molar-refractivity contribution in [3.63, 3.8) is 0 Å². The van der Waals surface area contributed by atoms with Crippen molar-refractivity contribution in [1.29, 1.82) is 0 Å². The van der Waals surface area contributed by atoms with Gasteiger partial charge in [0.2, 0.25) is 11.6 Å². The van der Waals surface area contributed by atoms with Crippen LogP contribution in [0.2, 0.25) is 0 Å². The smallest absolute Gasteiger partial charge is 0.270 e. The van der Waals surface area contributed by atoms with Gasteiger partial charge in [-0.25, -0.2) is 8.78 Å². The molecule has 0 aliphatic rings. The molecule has 2 rings (SSSR count). The van der Waals surface area contributed by atoms with Crippen molar-refractivity contribution in [2.45, 2.75) is 0 Å². The number of nitro groups is 1. The van der Waals surface area contributed by atoms with Gasteiger partial charge in [0.1, 0.15) is 5.56 Å². The summed E-state index contributed by atoms with van der Waals surface area (Å²) >= 11 is 7.84. The standard InChI is InChI=1S/C15H8BrF4N3O4S/c1-27-13-11(19)9(17)8(10(18)12(13)20)14(24)22-15(28)21-7-3-2-5(23(25)26)4-6(7)16/h2-4H,1H3,(H2,21,22,24,28). The molecule has 2 aromatic rings. The fourth-order valence-corrected chi connectivity index (χ4v) is 2.70. The molecule has 0 fully saturated rings. The highest BCUT2D eigenvalue weighted by atomic mass is 79.9. The SMILES string of the molecule is COc1c(F)c(F)c(C(=O)NC(=S)Nc2ccc([N+](=O)[O-])cc2Br)c(F)c1F. The van der Waals surface area contributed by atoms with E-state index in [4.69, 9.17) is 12.2 Å². The third kappa shape index (κ3) is 4.20. The maximum Gasteiger partial charge on any atom is 0.270 e. The number of nitrogens with one attached hydrogen (secondary N) is 2. The minimum absolute atomic E-state index is 0.170. The van der Waals surface area contributed by atoms with Crippen molar-refractivity contribution in [2.24, 2.45) is 0 Å². The molecule has 0 saturated heterocycles. The molecule has 0 atom stereocenters. The molecule has 0 bridgehead atoms. The van der Waals surface area contributed by atoms with E-state index in [0.29, 0.717) is 0 Å². The fourth-order valence-electron chi connectivity index (χ4n) is 2.03. The number of carbonyl (C=O) groups is 1. The molecule has 0 saturated carbocycles. The number of thiocarbonyl (C=S) groups is 1. The summed E-state index contributed by atoms with van der Waals surface area (Å²) in [5, 5.41) is 14.5. The number of rotatable bonds is 4. The molecule has 2 aromatic carbocycles. The Morgan fingerprint density at radius 3 is 2.21 bits per heavy atom. The van der Waals surface area contributed by atoms with Crippen LogP contribution in [0.15, 0.2) is 22.7 Å². The van der Waals surface area contributed by atoms with Crippen LogP contribution in [-0.2, 0) is 0 Å². The number of hydrogen-bond acceptors (Lipinski definition) is 5. The van der Waals surface area contributed by atoms with Gasteiger partial charge in [-0.05, 0) is 34.2 Å². The molecule has 148 valence electrons. The first-order valence-corrected chi connectivity index (χ1v) is 8.24. The lowest BCUT2D eigenvalue weighted by molar-refractivity contribution is -0.384. The van der Waals surface area contributed by atoms with Gasteiger partial charge in [0.05, 0.1) is 17.7 Å². The molecule has 0 aliphatic heterocycles. The van der Waals surface area contributed by atoms with E-state index in [-0.39, 0.29) is 15.8 Å². The first-order chi connectivity index (χ1) is 13.1. The predicted octanol–water partition coefficient (Wildman–Crippen LogP) is 4.05. The van der Waals surface area contributed by atoms with Crippen molar-refractivity contribution in [3.8, 4) is 5.75 Å². The van der Waals surface area contributed by atoms with Crippen molar-refractivity contribution in [2.75, 3.05) is 12.4 Å². The van der Waals surface area contributed by atoms with E-state index >= 15 is 0 Å². The van der Waals surface area contributed by atoms with Crippen LogP contribution < -0.4 is 15.4 Å². The maximum absolute atomic E-state index is 13.9. The Morgan fingerprint density at radius 1 is 1.18 bits per heavy atom. The molecule has 2 N–H and O–H groups in total. The van der Waals surface area contributed by atoms with E-state index in [9.17, 15) is 32.5 Å². The average Bonchev–Trinajstić information content (AvgIpc) is 2.62. The van der Waals surface area contributed by atoms with Gasteiger partial charge < -0.3 is 10.1 Å². The number of methoxy groups -OCH3 is 1. The fraction of sp³-hybridized carbons (Fsp3) is 0.0667. The number of hydrogen-bond donors (Lipinski definition) is 2. The number of nitrogens with zero attached hydrogens (tertiary/aromatic N) is 1. The molecule has 13 heteroatoms. The van der Waals surface area contributed by atoms with Crippen LogP contribution in [0.5, 0.6) is 5.75 Å². The lowest BCUT2D eigenvalue weighted by Gasteiger charge is -2.13. The minimum Gasteiger partial charge on any atom is -0.491 e. The van der Waals surface area contributed by atoms with Crippen molar-refractivity contribution >= 4 is 50.5 Å². The number of amides is 1. The van der Waals surface area contributed by atoms with Crippen LogP contribution in [0.25, 0.3) is 0 Å². The Bertz CT molecular complexity index is 977. The Kier molecular flexibility index (Phi) is 6.51. The highest BCUT2D eigenvalue weighted by Crippen LogP contribution is 2.30. The van der Waals surface area contributed by atoms with Crippen molar-refractivity contribution < 1.29 is 32.0 Å². The number of anilines is 1.